The molecule has 1 heterocycles. The summed E-state index contributed by atoms with van der Waals surface area (Å²) >= 11 is 0.940. The number of benzene rings is 3. The molecule has 0 aliphatic carbocycles. The molecule has 2 amide bonds. The van der Waals surface area contributed by atoms with Gasteiger partial charge >= 0.3 is 0 Å². The fourth-order valence-electron chi connectivity index (χ4n) is 3.81. The van der Waals surface area contributed by atoms with Crippen molar-refractivity contribution in [3.8, 4) is 17.2 Å². The Morgan fingerprint density at radius 3 is 2.24 bits per heavy atom. The van der Waals surface area contributed by atoms with Crippen molar-refractivity contribution < 1.29 is 23.8 Å². The molecule has 0 radical (unpaired) electrons. The van der Waals surface area contributed by atoms with E-state index in [1.54, 1.807) is 25.3 Å². The van der Waals surface area contributed by atoms with Gasteiger partial charge in [-0.2, -0.15) is 0 Å². The molecule has 7 heteroatoms. The van der Waals surface area contributed by atoms with Crippen LogP contribution in [0.1, 0.15) is 37.5 Å². The highest BCUT2D eigenvalue weighted by atomic mass is 32.2. The molecule has 0 bridgehead atoms. The van der Waals surface area contributed by atoms with E-state index < -0.39 is 0 Å². The molecule has 6 nitrogen and oxygen atoms in total. The molecule has 192 valence electrons. The summed E-state index contributed by atoms with van der Waals surface area (Å²) in [6.45, 7) is 7.51. The molecule has 1 aliphatic heterocycles. The maximum absolute atomic E-state index is 12.9. The average Bonchev–Trinajstić information content (AvgIpc) is 3.14. The normalized spacial score (nSPS) is 14.8. The summed E-state index contributed by atoms with van der Waals surface area (Å²) in [7, 11) is 1.56. The Labute approximate surface area is 222 Å². The van der Waals surface area contributed by atoms with Crippen LogP contribution in [-0.4, -0.2) is 36.4 Å². The van der Waals surface area contributed by atoms with Crippen molar-refractivity contribution in [2.45, 2.75) is 32.7 Å². The molecule has 3 aromatic carbocycles. The van der Waals surface area contributed by atoms with Gasteiger partial charge in [-0.05, 0) is 64.2 Å². The van der Waals surface area contributed by atoms with Crippen LogP contribution >= 0.6 is 11.8 Å². The van der Waals surface area contributed by atoms with Crippen molar-refractivity contribution in [3.63, 3.8) is 0 Å². The lowest BCUT2D eigenvalue weighted by Gasteiger charge is -2.19. The monoisotopic (exact) mass is 517 g/mol. The van der Waals surface area contributed by atoms with E-state index >= 15 is 0 Å². The van der Waals surface area contributed by atoms with E-state index in [1.807, 2.05) is 48.5 Å². The Bertz CT molecular complexity index is 1280. The molecule has 0 N–H and O–H groups in total. The van der Waals surface area contributed by atoms with Crippen LogP contribution in [0.5, 0.6) is 17.2 Å². The number of thioether (sulfide) groups is 1. The summed E-state index contributed by atoms with van der Waals surface area (Å²) in [5, 5.41) is -0.278. The van der Waals surface area contributed by atoms with Crippen molar-refractivity contribution >= 4 is 29.0 Å². The minimum Gasteiger partial charge on any atom is -0.493 e. The number of amides is 2. The van der Waals surface area contributed by atoms with Gasteiger partial charge in [0.25, 0.3) is 11.1 Å². The largest absolute Gasteiger partial charge is 0.493 e. The molecule has 37 heavy (non-hydrogen) atoms. The fraction of sp³-hybridized carbons (Fsp3) is 0.267. The predicted octanol–water partition coefficient (Wildman–Crippen LogP) is 6.69. The molecule has 1 fully saturated rings. The highest BCUT2D eigenvalue weighted by Gasteiger charge is 2.35. The zero-order chi connectivity index (χ0) is 26.4. The lowest BCUT2D eigenvalue weighted by molar-refractivity contribution is -0.123. The molecule has 0 aromatic heterocycles. The van der Waals surface area contributed by atoms with Crippen LogP contribution in [0.25, 0.3) is 6.08 Å². The third kappa shape index (κ3) is 6.74. The molecule has 0 spiro atoms. The number of hydrogen-bond donors (Lipinski definition) is 0. The molecule has 0 atom stereocenters. The summed E-state index contributed by atoms with van der Waals surface area (Å²) in [5.41, 5.74) is 2.99. The van der Waals surface area contributed by atoms with Crippen LogP contribution in [0.4, 0.5) is 4.79 Å². The number of imide groups is 1. The van der Waals surface area contributed by atoms with Gasteiger partial charge in [0.15, 0.2) is 11.5 Å². The van der Waals surface area contributed by atoms with Gasteiger partial charge < -0.3 is 14.2 Å². The Hall–Kier alpha value is -3.71. The van der Waals surface area contributed by atoms with E-state index in [0.717, 1.165) is 28.6 Å². The van der Waals surface area contributed by atoms with Gasteiger partial charge in [0.1, 0.15) is 19.0 Å². The van der Waals surface area contributed by atoms with Crippen molar-refractivity contribution in [1.82, 2.24) is 4.90 Å². The number of carbonyl (C=O) groups excluding carboxylic acids is 2. The Morgan fingerprint density at radius 1 is 0.865 bits per heavy atom. The van der Waals surface area contributed by atoms with Crippen LogP contribution in [0.2, 0.25) is 0 Å². The van der Waals surface area contributed by atoms with Crippen molar-refractivity contribution in [1.29, 1.82) is 0 Å². The third-order valence-corrected chi connectivity index (χ3v) is 6.78. The van der Waals surface area contributed by atoms with Gasteiger partial charge in [0.2, 0.25) is 0 Å². The highest BCUT2D eigenvalue weighted by Crippen LogP contribution is 2.35. The molecule has 4 rings (SSSR count). The second-order valence-corrected chi connectivity index (χ2v) is 10.6. The first-order valence-electron chi connectivity index (χ1n) is 12.1. The summed E-state index contributed by atoms with van der Waals surface area (Å²) < 4.78 is 17.2. The molecule has 0 saturated carbocycles. The van der Waals surface area contributed by atoms with E-state index in [4.69, 9.17) is 14.2 Å². The van der Waals surface area contributed by atoms with Gasteiger partial charge in [0.05, 0.1) is 18.6 Å². The zero-order valence-electron chi connectivity index (χ0n) is 21.5. The van der Waals surface area contributed by atoms with Crippen LogP contribution < -0.4 is 14.2 Å². The Balaban J connectivity index is 1.35. The summed E-state index contributed by atoms with van der Waals surface area (Å²) in [6, 6.07) is 23.0. The van der Waals surface area contributed by atoms with E-state index in [-0.39, 0.29) is 23.1 Å². The number of methoxy groups -OCH3 is 1. The third-order valence-electron chi connectivity index (χ3n) is 5.87. The van der Waals surface area contributed by atoms with Gasteiger partial charge in [0, 0.05) is 0 Å². The Morgan fingerprint density at radius 2 is 1.57 bits per heavy atom. The van der Waals surface area contributed by atoms with Crippen LogP contribution in [-0.2, 0) is 16.8 Å². The minimum absolute atomic E-state index is 0.0983. The summed E-state index contributed by atoms with van der Waals surface area (Å²) in [4.78, 5) is 26.9. The lowest BCUT2D eigenvalue weighted by atomic mass is 9.87. The second-order valence-electron chi connectivity index (χ2n) is 9.64. The van der Waals surface area contributed by atoms with Crippen LogP contribution in [0, 0.1) is 0 Å². The highest BCUT2D eigenvalue weighted by molar-refractivity contribution is 8.18. The predicted molar refractivity (Wildman–Crippen MR) is 147 cm³/mol. The number of nitrogens with zero attached hydrogens (tertiary/aromatic N) is 1. The van der Waals surface area contributed by atoms with Gasteiger partial charge in [-0.25, -0.2) is 0 Å². The minimum atomic E-state index is -0.300. The molecule has 1 saturated heterocycles. The molecule has 0 unspecified atom stereocenters. The quantitative estimate of drug-likeness (QED) is 0.233. The number of ether oxygens (including phenoxy) is 3. The Kier molecular flexibility index (Phi) is 8.24. The van der Waals surface area contributed by atoms with Crippen molar-refractivity contribution in [3.05, 3.63) is 94.4 Å². The van der Waals surface area contributed by atoms with Gasteiger partial charge in [-0.3, -0.25) is 14.5 Å². The first-order chi connectivity index (χ1) is 17.7. The van der Waals surface area contributed by atoms with Crippen LogP contribution in [0.15, 0.2) is 77.7 Å². The topological polar surface area (TPSA) is 65.1 Å². The number of rotatable bonds is 9. The fourth-order valence-corrected chi connectivity index (χ4v) is 4.65. The van der Waals surface area contributed by atoms with E-state index in [1.165, 1.54) is 10.5 Å². The zero-order valence-corrected chi connectivity index (χ0v) is 22.3. The molecular weight excluding hydrogens is 486 g/mol. The number of carbonyl (C=O) groups is 2. The van der Waals surface area contributed by atoms with Crippen LogP contribution in [0.3, 0.4) is 0 Å². The standard InChI is InChI=1S/C30H31NO5S/c1-30(2,3)23-11-13-24(14-12-23)35-16-17-36-25-15-10-22(18-26(25)34-4)19-27-28(32)31(29(33)37-27)20-21-8-6-5-7-9-21/h5-15,18-19H,16-17,20H2,1-4H3/b27-19-. The molecule has 3 aromatic rings. The smallest absolute Gasteiger partial charge is 0.293 e. The van der Waals surface area contributed by atoms with Gasteiger partial charge in [-0.1, -0.05) is 69.3 Å². The van der Waals surface area contributed by atoms with Crippen molar-refractivity contribution in [2.24, 2.45) is 0 Å². The first kappa shape index (κ1) is 26.4. The van der Waals surface area contributed by atoms with E-state index in [9.17, 15) is 9.59 Å². The number of hydrogen-bond acceptors (Lipinski definition) is 6. The van der Waals surface area contributed by atoms with Gasteiger partial charge in [-0.15, -0.1) is 0 Å². The maximum atomic E-state index is 12.9. The lowest BCUT2D eigenvalue weighted by Crippen LogP contribution is -2.27. The average molecular weight is 518 g/mol. The van der Waals surface area contributed by atoms with E-state index in [2.05, 4.69) is 32.9 Å². The summed E-state index contributed by atoms with van der Waals surface area (Å²) in [5.74, 6) is 1.60. The molecular formula is C30H31NO5S. The molecule has 1 aliphatic rings. The van der Waals surface area contributed by atoms with E-state index in [0.29, 0.717) is 29.6 Å². The van der Waals surface area contributed by atoms with Crippen molar-refractivity contribution in [2.75, 3.05) is 20.3 Å². The first-order valence-corrected chi connectivity index (χ1v) is 12.9. The second kappa shape index (κ2) is 11.6. The SMILES string of the molecule is COc1cc(/C=C2\SC(=O)N(Cc3ccccc3)C2=O)ccc1OCCOc1ccc(C(C)(C)C)cc1. The maximum Gasteiger partial charge on any atom is 0.293 e. The summed E-state index contributed by atoms with van der Waals surface area (Å²) in [6.07, 6.45) is 1.70.